The molecule has 0 spiro atoms. The van der Waals surface area contributed by atoms with Gasteiger partial charge < -0.3 is 10.2 Å². The molecule has 2 aromatic rings. The van der Waals surface area contributed by atoms with Crippen molar-refractivity contribution in [2.75, 3.05) is 24.2 Å². The number of piperidine rings is 1. The molecular formula is C19H22FN3O2S2. The normalized spacial score (nSPS) is 18.1. The first-order valence-electron chi connectivity index (χ1n) is 8.88. The average molecular weight is 408 g/mol. The summed E-state index contributed by atoms with van der Waals surface area (Å²) in [6.45, 7) is 3.29. The minimum atomic E-state index is -0.348. The van der Waals surface area contributed by atoms with Crippen molar-refractivity contribution in [3.8, 4) is 0 Å². The predicted octanol–water partition coefficient (Wildman–Crippen LogP) is 3.75. The Labute approximate surface area is 166 Å². The predicted molar refractivity (Wildman–Crippen MR) is 108 cm³/mol. The largest absolute Gasteiger partial charge is 0.341 e. The highest BCUT2D eigenvalue weighted by Gasteiger charge is 2.29. The standard InChI is InChI=1S/C19H22FN3O2S2/c1-13(27-12-17(24)22-16-6-4-15(20)5-7-16)19(25)23-9-2-3-14(11-23)18-21-8-10-26-18/h4-8,10,13-14H,2-3,9,11-12H2,1H3,(H,22,24). The number of hydrogen-bond acceptors (Lipinski definition) is 5. The molecule has 1 aliphatic rings. The molecule has 1 N–H and O–H groups in total. The van der Waals surface area contributed by atoms with Crippen molar-refractivity contribution >= 4 is 40.6 Å². The first-order chi connectivity index (χ1) is 13.0. The van der Waals surface area contributed by atoms with Gasteiger partial charge in [-0.3, -0.25) is 9.59 Å². The summed E-state index contributed by atoms with van der Waals surface area (Å²) in [4.78, 5) is 31.1. The third-order valence-electron chi connectivity index (χ3n) is 4.47. The SMILES string of the molecule is CC(SCC(=O)Nc1ccc(F)cc1)C(=O)N1CCCC(c2nccs2)C1. The van der Waals surface area contributed by atoms with Gasteiger partial charge in [-0.1, -0.05) is 0 Å². The van der Waals surface area contributed by atoms with Crippen LogP contribution in [-0.2, 0) is 9.59 Å². The highest BCUT2D eigenvalue weighted by molar-refractivity contribution is 8.01. The van der Waals surface area contributed by atoms with E-state index in [4.69, 9.17) is 0 Å². The van der Waals surface area contributed by atoms with E-state index in [0.717, 1.165) is 24.4 Å². The number of thioether (sulfide) groups is 1. The molecule has 1 aromatic carbocycles. The number of hydrogen-bond donors (Lipinski definition) is 1. The van der Waals surface area contributed by atoms with E-state index in [-0.39, 0.29) is 28.6 Å². The molecule has 3 rings (SSSR count). The fraction of sp³-hybridized carbons (Fsp3) is 0.421. The fourth-order valence-corrected chi connectivity index (χ4v) is 4.61. The summed E-state index contributed by atoms with van der Waals surface area (Å²) >= 11 is 2.95. The smallest absolute Gasteiger partial charge is 0.235 e. The number of amides is 2. The minimum Gasteiger partial charge on any atom is -0.341 e. The summed E-state index contributed by atoms with van der Waals surface area (Å²) in [5.41, 5.74) is 0.545. The van der Waals surface area contributed by atoms with E-state index < -0.39 is 0 Å². The number of nitrogens with zero attached hydrogens (tertiary/aromatic N) is 2. The average Bonchev–Trinajstić information content (AvgIpc) is 3.22. The lowest BCUT2D eigenvalue weighted by molar-refractivity contribution is -0.131. The van der Waals surface area contributed by atoms with Gasteiger partial charge in [-0.2, -0.15) is 0 Å². The van der Waals surface area contributed by atoms with Gasteiger partial charge >= 0.3 is 0 Å². The Morgan fingerprint density at radius 1 is 1.41 bits per heavy atom. The number of carbonyl (C=O) groups is 2. The van der Waals surface area contributed by atoms with E-state index in [9.17, 15) is 14.0 Å². The second-order valence-corrected chi connectivity index (χ2v) is 8.76. The van der Waals surface area contributed by atoms with Crippen LogP contribution in [0.25, 0.3) is 0 Å². The number of thiazole rings is 1. The van der Waals surface area contributed by atoms with E-state index in [0.29, 0.717) is 18.2 Å². The minimum absolute atomic E-state index is 0.0656. The van der Waals surface area contributed by atoms with Crippen LogP contribution in [0.1, 0.15) is 30.7 Å². The summed E-state index contributed by atoms with van der Waals surface area (Å²) in [7, 11) is 0. The lowest BCUT2D eigenvalue weighted by Crippen LogP contribution is -2.43. The summed E-state index contributed by atoms with van der Waals surface area (Å²) in [6, 6.07) is 5.62. The van der Waals surface area contributed by atoms with E-state index in [1.165, 1.54) is 36.0 Å². The van der Waals surface area contributed by atoms with Crippen molar-refractivity contribution in [1.82, 2.24) is 9.88 Å². The Morgan fingerprint density at radius 3 is 2.89 bits per heavy atom. The van der Waals surface area contributed by atoms with Crippen LogP contribution >= 0.6 is 23.1 Å². The first-order valence-corrected chi connectivity index (χ1v) is 10.8. The van der Waals surface area contributed by atoms with Crippen molar-refractivity contribution in [1.29, 1.82) is 0 Å². The molecule has 0 radical (unpaired) electrons. The molecule has 2 amide bonds. The second-order valence-electron chi connectivity index (χ2n) is 6.50. The molecular weight excluding hydrogens is 385 g/mol. The third-order valence-corrected chi connectivity index (χ3v) is 6.54. The van der Waals surface area contributed by atoms with Gasteiger partial charge in [-0.15, -0.1) is 23.1 Å². The van der Waals surface area contributed by atoms with E-state index in [1.54, 1.807) is 17.5 Å². The molecule has 1 fully saturated rings. The van der Waals surface area contributed by atoms with Crippen LogP contribution in [0.15, 0.2) is 35.8 Å². The van der Waals surface area contributed by atoms with Crippen molar-refractivity contribution in [3.63, 3.8) is 0 Å². The molecule has 5 nitrogen and oxygen atoms in total. The van der Waals surface area contributed by atoms with E-state index in [1.807, 2.05) is 17.2 Å². The Kier molecular flexibility index (Phi) is 6.84. The van der Waals surface area contributed by atoms with Gasteiger partial charge in [0.1, 0.15) is 5.82 Å². The van der Waals surface area contributed by atoms with Crippen LogP contribution < -0.4 is 5.32 Å². The lowest BCUT2D eigenvalue weighted by atomic mass is 9.98. The molecule has 1 aliphatic heterocycles. The maximum absolute atomic E-state index is 12.9. The van der Waals surface area contributed by atoms with Gasteiger partial charge in [-0.25, -0.2) is 9.37 Å². The zero-order valence-electron chi connectivity index (χ0n) is 15.1. The first kappa shape index (κ1) is 19.8. The van der Waals surface area contributed by atoms with Gasteiger partial charge in [0, 0.05) is 36.3 Å². The maximum Gasteiger partial charge on any atom is 0.235 e. The van der Waals surface area contributed by atoms with Crippen molar-refractivity contribution < 1.29 is 14.0 Å². The second kappa shape index (κ2) is 9.32. The van der Waals surface area contributed by atoms with Crippen molar-refractivity contribution in [3.05, 3.63) is 46.7 Å². The zero-order chi connectivity index (χ0) is 19.2. The van der Waals surface area contributed by atoms with E-state index in [2.05, 4.69) is 10.3 Å². The van der Waals surface area contributed by atoms with Gasteiger partial charge in [0.05, 0.1) is 16.0 Å². The summed E-state index contributed by atoms with van der Waals surface area (Å²) < 4.78 is 12.9. The van der Waals surface area contributed by atoms with Crippen molar-refractivity contribution in [2.45, 2.75) is 30.9 Å². The molecule has 0 bridgehead atoms. The third kappa shape index (κ3) is 5.52. The highest BCUT2D eigenvalue weighted by atomic mass is 32.2. The summed E-state index contributed by atoms with van der Waals surface area (Å²) in [6.07, 6.45) is 3.83. The molecule has 0 aliphatic carbocycles. The van der Waals surface area contributed by atoms with Crippen LogP contribution in [0, 0.1) is 5.82 Å². The number of aromatic nitrogens is 1. The molecule has 2 atom stereocenters. The van der Waals surface area contributed by atoms with Gasteiger partial charge in [0.25, 0.3) is 0 Å². The number of benzene rings is 1. The monoisotopic (exact) mass is 407 g/mol. The van der Waals surface area contributed by atoms with Crippen molar-refractivity contribution in [2.24, 2.45) is 0 Å². The number of halogens is 1. The van der Waals surface area contributed by atoms with Crippen LogP contribution in [0.3, 0.4) is 0 Å². The summed E-state index contributed by atoms with van der Waals surface area (Å²) in [5.74, 6) is -0.00383. The molecule has 27 heavy (non-hydrogen) atoms. The molecule has 2 unspecified atom stereocenters. The van der Waals surface area contributed by atoms with Gasteiger partial charge in [0.15, 0.2) is 0 Å². The van der Waals surface area contributed by atoms with Crippen LogP contribution in [0.2, 0.25) is 0 Å². The molecule has 8 heteroatoms. The fourth-order valence-electron chi connectivity index (χ4n) is 3.07. The Bertz CT molecular complexity index is 768. The van der Waals surface area contributed by atoms with E-state index >= 15 is 0 Å². The lowest BCUT2D eigenvalue weighted by Gasteiger charge is -2.33. The zero-order valence-corrected chi connectivity index (χ0v) is 16.7. The molecule has 0 saturated carbocycles. The molecule has 1 saturated heterocycles. The number of likely N-dealkylation sites (tertiary alicyclic amines) is 1. The molecule has 2 heterocycles. The Morgan fingerprint density at radius 2 is 2.19 bits per heavy atom. The van der Waals surface area contributed by atoms with Crippen LogP contribution in [0.5, 0.6) is 0 Å². The highest BCUT2D eigenvalue weighted by Crippen LogP contribution is 2.29. The van der Waals surface area contributed by atoms with Gasteiger partial charge in [-0.05, 0) is 44.0 Å². The maximum atomic E-state index is 12.9. The molecule has 1 aromatic heterocycles. The number of anilines is 1. The topological polar surface area (TPSA) is 62.3 Å². The van der Waals surface area contributed by atoms with Crippen LogP contribution in [0.4, 0.5) is 10.1 Å². The summed E-state index contributed by atoms with van der Waals surface area (Å²) in [5, 5.41) is 5.47. The number of carbonyl (C=O) groups excluding carboxylic acids is 2. The van der Waals surface area contributed by atoms with Crippen LogP contribution in [-0.4, -0.2) is 45.8 Å². The Balaban J connectivity index is 1.47. The Hall–Kier alpha value is -1.93. The van der Waals surface area contributed by atoms with Gasteiger partial charge in [0.2, 0.25) is 11.8 Å². The number of nitrogens with one attached hydrogen (secondary N) is 1. The quantitative estimate of drug-likeness (QED) is 0.792. The number of rotatable bonds is 6. The molecule has 144 valence electrons.